The predicted octanol–water partition coefficient (Wildman–Crippen LogP) is 3.00. The van der Waals surface area contributed by atoms with Crippen molar-refractivity contribution in [1.29, 1.82) is 0 Å². The summed E-state index contributed by atoms with van der Waals surface area (Å²) in [6, 6.07) is 4.33. The Hall–Kier alpha value is -0.720. The summed E-state index contributed by atoms with van der Waals surface area (Å²) in [6.07, 6.45) is 5.53. The van der Waals surface area contributed by atoms with E-state index in [1.165, 1.54) is 4.88 Å². The van der Waals surface area contributed by atoms with E-state index in [1.807, 2.05) is 30.1 Å². The van der Waals surface area contributed by atoms with E-state index in [2.05, 4.69) is 46.3 Å². The van der Waals surface area contributed by atoms with Gasteiger partial charge in [-0.2, -0.15) is 11.8 Å². The first kappa shape index (κ1) is 18.6. The summed E-state index contributed by atoms with van der Waals surface area (Å²) in [5.74, 6) is 1.49. The second kappa shape index (κ2) is 9.55. The molecule has 1 saturated heterocycles. The fourth-order valence-electron chi connectivity index (χ4n) is 2.78. The van der Waals surface area contributed by atoms with Crippen molar-refractivity contribution < 1.29 is 4.74 Å². The third kappa shape index (κ3) is 6.01. The van der Waals surface area contributed by atoms with E-state index in [1.54, 1.807) is 0 Å². The summed E-state index contributed by atoms with van der Waals surface area (Å²) in [6.45, 7) is 5.89. The van der Waals surface area contributed by atoms with E-state index in [0.717, 1.165) is 51.5 Å². The molecule has 2 N–H and O–H groups in total. The van der Waals surface area contributed by atoms with Crippen molar-refractivity contribution in [2.24, 2.45) is 10.9 Å². The lowest BCUT2D eigenvalue weighted by Gasteiger charge is -2.36. The third-order valence-electron chi connectivity index (χ3n) is 4.39. The molecule has 6 heteroatoms. The second-order valence-corrected chi connectivity index (χ2v) is 8.50. The number of hydrogen-bond donors (Lipinski definition) is 2. The van der Waals surface area contributed by atoms with Crippen molar-refractivity contribution in [2.45, 2.75) is 30.9 Å². The first-order chi connectivity index (χ1) is 11.2. The van der Waals surface area contributed by atoms with Gasteiger partial charge in [0.1, 0.15) is 0 Å². The lowest BCUT2D eigenvalue weighted by Crippen LogP contribution is -2.48. The van der Waals surface area contributed by atoms with Crippen LogP contribution in [0.25, 0.3) is 0 Å². The average molecular weight is 356 g/mol. The highest BCUT2D eigenvalue weighted by Crippen LogP contribution is 2.32. The Morgan fingerprint density at radius 2 is 2.22 bits per heavy atom. The lowest BCUT2D eigenvalue weighted by molar-refractivity contribution is 0.0783. The molecule has 2 rings (SSSR count). The van der Waals surface area contributed by atoms with Gasteiger partial charge in [-0.15, -0.1) is 11.3 Å². The van der Waals surface area contributed by atoms with Crippen LogP contribution in [0.1, 0.15) is 24.6 Å². The molecule has 0 spiro atoms. The van der Waals surface area contributed by atoms with Gasteiger partial charge in [-0.05, 0) is 42.9 Å². The van der Waals surface area contributed by atoms with E-state index in [0.29, 0.717) is 5.92 Å². The molecule has 0 bridgehead atoms. The van der Waals surface area contributed by atoms with E-state index < -0.39 is 0 Å². The van der Waals surface area contributed by atoms with Gasteiger partial charge in [0.15, 0.2) is 5.96 Å². The van der Waals surface area contributed by atoms with Gasteiger partial charge < -0.3 is 15.4 Å². The highest BCUT2D eigenvalue weighted by Gasteiger charge is 2.31. The highest BCUT2D eigenvalue weighted by atomic mass is 32.2. The van der Waals surface area contributed by atoms with Gasteiger partial charge in [-0.1, -0.05) is 13.0 Å². The van der Waals surface area contributed by atoms with Gasteiger partial charge in [0.05, 0.1) is 0 Å². The van der Waals surface area contributed by atoms with Crippen molar-refractivity contribution >= 4 is 29.1 Å². The largest absolute Gasteiger partial charge is 0.381 e. The van der Waals surface area contributed by atoms with Crippen molar-refractivity contribution in [2.75, 3.05) is 39.6 Å². The smallest absolute Gasteiger partial charge is 0.191 e. The van der Waals surface area contributed by atoms with Gasteiger partial charge in [-0.25, -0.2) is 0 Å². The zero-order valence-corrected chi connectivity index (χ0v) is 16.1. The molecular weight excluding hydrogens is 326 g/mol. The number of thiophene rings is 1. The Morgan fingerprint density at radius 1 is 1.43 bits per heavy atom. The number of aliphatic imine (C=N–C) groups is 1. The van der Waals surface area contributed by atoms with Crippen LogP contribution < -0.4 is 10.6 Å². The zero-order chi connectivity index (χ0) is 16.5. The maximum atomic E-state index is 5.50. The molecule has 4 nitrogen and oxygen atoms in total. The molecule has 1 fully saturated rings. The molecule has 0 aromatic carbocycles. The number of nitrogens with zero attached hydrogens (tertiary/aromatic N) is 1. The number of rotatable bonds is 7. The third-order valence-corrected chi connectivity index (χ3v) is 6.70. The van der Waals surface area contributed by atoms with E-state index in [9.17, 15) is 0 Å². The zero-order valence-electron chi connectivity index (χ0n) is 14.4. The Labute approximate surface area is 148 Å². The summed E-state index contributed by atoms with van der Waals surface area (Å²) in [5, 5.41) is 9.12. The Balaban J connectivity index is 1.74. The van der Waals surface area contributed by atoms with Crippen LogP contribution in [0.2, 0.25) is 0 Å². The van der Waals surface area contributed by atoms with Crippen molar-refractivity contribution in [3.8, 4) is 0 Å². The van der Waals surface area contributed by atoms with Crippen LogP contribution in [0.5, 0.6) is 0 Å². The Morgan fingerprint density at radius 3 is 2.83 bits per heavy atom. The van der Waals surface area contributed by atoms with Crippen LogP contribution in [-0.4, -0.2) is 50.3 Å². The van der Waals surface area contributed by atoms with E-state index >= 15 is 0 Å². The molecule has 23 heavy (non-hydrogen) atoms. The van der Waals surface area contributed by atoms with Crippen LogP contribution in [0.3, 0.4) is 0 Å². The van der Waals surface area contributed by atoms with Crippen molar-refractivity contribution in [3.05, 3.63) is 22.4 Å². The van der Waals surface area contributed by atoms with E-state index in [-0.39, 0.29) is 4.75 Å². The minimum absolute atomic E-state index is 0.276. The quantitative estimate of drug-likeness (QED) is 0.583. The minimum Gasteiger partial charge on any atom is -0.381 e. The fourth-order valence-corrected chi connectivity index (χ4v) is 4.44. The molecule has 1 atom stereocenters. The standard InChI is InChI=1S/C17H29N3OS2/c1-14(11-15-5-4-10-23-15)12-19-16(18-2)20-13-17(22-3)6-8-21-9-7-17/h4-5,10,14H,6-9,11-13H2,1-3H3,(H2,18,19,20). The molecule has 0 amide bonds. The molecule has 1 aromatic heterocycles. The molecule has 2 heterocycles. The Bertz CT molecular complexity index is 470. The molecule has 1 aliphatic rings. The maximum absolute atomic E-state index is 5.50. The van der Waals surface area contributed by atoms with Crippen molar-refractivity contribution in [1.82, 2.24) is 10.6 Å². The number of nitrogens with one attached hydrogen (secondary N) is 2. The summed E-state index contributed by atoms with van der Waals surface area (Å²) < 4.78 is 5.78. The summed E-state index contributed by atoms with van der Waals surface area (Å²) in [5.41, 5.74) is 0. The van der Waals surface area contributed by atoms with Crippen LogP contribution >= 0.6 is 23.1 Å². The lowest BCUT2D eigenvalue weighted by atomic mass is 9.99. The van der Waals surface area contributed by atoms with Gasteiger partial charge in [0.2, 0.25) is 0 Å². The fraction of sp³-hybridized carbons (Fsp3) is 0.706. The molecular formula is C17H29N3OS2. The predicted molar refractivity (Wildman–Crippen MR) is 103 cm³/mol. The summed E-state index contributed by atoms with van der Waals surface area (Å²) in [4.78, 5) is 5.81. The van der Waals surface area contributed by atoms with Gasteiger partial charge in [0, 0.05) is 43.0 Å². The van der Waals surface area contributed by atoms with Crippen LogP contribution in [0.15, 0.2) is 22.5 Å². The maximum Gasteiger partial charge on any atom is 0.191 e. The van der Waals surface area contributed by atoms with Crippen LogP contribution in [-0.2, 0) is 11.2 Å². The van der Waals surface area contributed by atoms with E-state index in [4.69, 9.17) is 4.74 Å². The Kier molecular flexibility index (Phi) is 7.73. The summed E-state index contributed by atoms with van der Waals surface area (Å²) >= 11 is 3.78. The molecule has 130 valence electrons. The first-order valence-corrected chi connectivity index (χ1v) is 10.4. The van der Waals surface area contributed by atoms with Gasteiger partial charge >= 0.3 is 0 Å². The highest BCUT2D eigenvalue weighted by molar-refractivity contribution is 8.00. The number of hydrogen-bond acceptors (Lipinski definition) is 4. The number of guanidine groups is 1. The summed E-state index contributed by atoms with van der Waals surface area (Å²) in [7, 11) is 1.84. The molecule has 0 saturated carbocycles. The number of thioether (sulfide) groups is 1. The molecule has 0 radical (unpaired) electrons. The van der Waals surface area contributed by atoms with Gasteiger partial charge in [0.25, 0.3) is 0 Å². The first-order valence-electron chi connectivity index (χ1n) is 8.27. The molecule has 1 aromatic rings. The van der Waals surface area contributed by atoms with Crippen LogP contribution in [0.4, 0.5) is 0 Å². The molecule has 1 aliphatic heterocycles. The minimum atomic E-state index is 0.276. The van der Waals surface area contributed by atoms with Gasteiger partial charge in [-0.3, -0.25) is 4.99 Å². The number of ether oxygens (including phenoxy) is 1. The molecule has 1 unspecified atom stereocenters. The topological polar surface area (TPSA) is 45.7 Å². The second-order valence-electron chi connectivity index (χ2n) is 6.19. The monoisotopic (exact) mass is 355 g/mol. The average Bonchev–Trinajstić information content (AvgIpc) is 3.08. The SMILES string of the molecule is CN=C(NCC(C)Cc1cccs1)NCC1(SC)CCOCC1. The normalized spacial score (nSPS) is 19.3. The van der Waals surface area contributed by atoms with Crippen molar-refractivity contribution in [3.63, 3.8) is 0 Å². The van der Waals surface area contributed by atoms with Crippen LogP contribution in [0, 0.1) is 5.92 Å². The molecule has 0 aliphatic carbocycles.